The number of benzene rings is 8. The Morgan fingerprint density at radius 2 is 0.443 bits per heavy atom. The molecule has 0 saturated heterocycles. The van der Waals surface area contributed by atoms with E-state index in [0.29, 0.717) is 39.6 Å². The molecule has 0 aliphatic carbocycles. The van der Waals surface area contributed by atoms with Gasteiger partial charge in [-0.2, -0.15) is 20.5 Å². The molecule has 8 rings (SSSR count). The number of ether oxygens (including phenoxy) is 8. The fourth-order valence-electron chi connectivity index (χ4n) is 7.53. The zero-order chi connectivity index (χ0) is 54.4. The molecule has 404 valence electrons. The van der Waals surface area contributed by atoms with E-state index in [1.807, 2.05) is 207 Å². The van der Waals surface area contributed by atoms with Crippen LogP contribution in [0.1, 0.15) is 56.1 Å². The number of nitrogens with zero attached hydrogens (tertiary/aromatic N) is 6. The maximum Gasteiger partial charge on any atom is 0.119 e. The normalized spacial score (nSPS) is 11.4. The van der Waals surface area contributed by atoms with E-state index in [2.05, 4.69) is 30.4 Å². The van der Waals surface area contributed by atoms with Gasteiger partial charge in [-0.1, -0.05) is 0 Å². The second-order valence-corrected chi connectivity index (χ2v) is 18.0. The first-order valence-electron chi connectivity index (χ1n) is 26.6. The van der Waals surface area contributed by atoms with Crippen molar-refractivity contribution in [3.8, 4) is 46.0 Å². The van der Waals surface area contributed by atoms with E-state index in [1.165, 1.54) is 0 Å². The third-order valence-electron chi connectivity index (χ3n) is 12.0. The molecule has 0 saturated carbocycles. The molecule has 0 radical (unpaired) electrons. The van der Waals surface area contributed by atoms with Gasteiger partial charge in [-0.15, -0.1) is 0 Å². The van der Waals surface area contributed by atoms with Crippen LogP contribution in [0, 0.1) is 0 Å². The van der Waals surface area contributed by atoms with Crippen molar-refractivity contribution < 1.29 is 37.9 Å². The van der Waals surface area contributed by atoms with E-state index in [4.69, 9.17) is 37.9 Å². The predicted octanol–water partition coefficient (Wildman–Crippen LogP) is 17.1. The molecular weight excluding hydrogens is 993 g/mol. The third-order valence-corrected chi connectivity index (χ3v) is 12.0. The van der Waals surface area contributed by atoms with Crippen LogP contribution in [0.4, 0.5) is 34.1 Å². The van der Waals surface area contributed by atoms with Crippen LogP contribution in [0.5, 0.6) is 46.0 Å². The number of azo groups is 2. The molecule has 14 nitrogen and oxygen atoms in total. The van der Waals surface area contributed by atoms with Crippen LogP contribution in [0.2, 0.25) is 0 Å². The predicted molar refractivity (Wildman–Crippen MR) is 313 cm³/mol. The van der Waals surface area contributed by atoms with Crippen LogP contribution in [0.3, 0.4) is 0 Å². The Morgan fingerprint density at radius 3 is 0.684 bits per heavy atom. The molecule has 0 N–H and O–H groups in total. The molecule has 8 aromatic carbocycles. The molecular formula is C65H66N6O8. The highest BCUT2D eigenvalue weighted by molar-refractivity contribution is 5.82. The Kier molecular flexibility index (Phi) is 22.4. The van der Waals surface area contributed by atoms with E-state index < -0.39 is 0 Å². The van der Waals surface area contributed by atoms with Gasteiger partial charge in [0.1, 0.15) is 46.0 Å². The number of unbranched alkanes of at least 4 members (excludes halogenated alkanes) is 4. The van der Waals surface area contributed by atoms with Gasteiger partial charge in [0.25, 0.3) is 0 Å². The summed E-state index contributed by atoms with van der Waals surface area (Å²) in [7, 11) is 3.27. The van der Waals surface area contributed by atoms with Gasteiger partial charge in [0.05, 0.1) is 88.0 Å². The van der Waals surface area contributed by atoms with Crippen LogP contribution in [-0.4, -0.2) is 66.3 Å². The van der Waals surface area contributed by atoms with Crippen molar-refractivity contribution in [3.63, 3.8) is 0 Å². The first-order valence-corrected chi connectivity index (χ1v) is 26.6. The van der Waals surface area contributed by atoms with E-state index in [-0.39, 0.29) is 0 Å². The van der Waals surface area contributed by atoms with Gasteiger partial charge >= 0.3 is 0 Å². The molecule has 0 heterocycles. The largest absolute Gasteiger partial charge is 0.497 e. The fraction of sp³-hybridized carbons (Fsp3) is 0.231. The van der Waals surface area contributed by atoms with Crippen LogP contribution < -0.4 is 37.9 Å². The molecule has 8 aromatic rings. The average Bonchev–Trinajstić information content (AvgIpc) is 3.50. The number of rotatable bonds is 32. The topological polar surface area (TPSA) is 148 Å². The summed E-state index contributed by atoms with van der Waals surface area (Å²) in [5, 5.41) is 17.1. The Morgan fingerprint density at radius 1 is 0.241 bits per heavy atom. The summed E-state index contributed by atoms with van der Waals surface area (Å²) in [5.41, 5.74) is 6.71. The summed E-state index contributed by atoms with van der Waals surface area (Å²) in [6.07, 6.45) is 10.1. The average molecular weight is 1060 g/mol. The number of hydrogen-bond acceptors (Lipinski definition) is 14. The summed E-state index contributed by atoms with van der Waals surface area (Å²) in [4.78, 5) is 9.27. The van der Waals surface area contributed by atoms with Crippen molar-refractivity contribution in [2.45, 2.75) is 44.9 Å². The number of hydrogen-bond donors (Lipinski definition) is 0. The van der Waals surface area contributed by atoms with Crippen molar-refractivity contribution >= 4 is 46.6 Å². The van der Waals surface area contributed by atoms with Crippen LogP contribution in [-0.2, 0) is 0 Å². The lowest BCUT2D eigenvalue weighted by Gasteiger charge is -2.08. The summed E-state index contributed by atoms with van der Waals surface area (Å²) >= 11 is 0. The quantitative estimate of drug-likeness (QED) is 0.0230. The Bertz CT molecular complexity index is 2900. The minimum Gasteiger partial charge on any atom is -0.497 e. The molecule has 0 aliphatic heterocycles. The highest BCUT2D eigenvalue weighted by Gasteiger charge is 2.03. The van der Waals surface area contributed by atoms with Crippen molar-refractivity contribution in [1.29, 1.82) is 0 Å². The van der Waals surface area contributed by atoms with Gasteiger partial charge < -0.3 is 37.9 Å². The molecule has 0 aliphatic rings. The zero-order valence-electron chi connectivity index (χ0n) is 44.8. The molecule has 0 atom stereocenters. The fourth-order valence-corrected chi connectivity index (χ4v) is 7.53. The lowest BCUT2D eigenvalue weighted by atomic mass is 10.2. The summed E-state index contributed by atoms with van der Waals surface area (Å²) in [6.45, 7) is 3.70. The Hall–Kier alpha value is -9.30. The van der Waals surface area contributed by atoms with Crippen molar-refractivity contribution in [1.82, 2.24) is 0 Å². The lowest BCUT2D eigenvalue weighted by molar-refractivity contribution is 0.266. The van der Waals surface area contributed by atoms with Crippen molar-refractivity contribution in [3.05, 3.63) is 205 Å². The SMILES string of the molecule is COc1ccc(N=Nc2ccc(OCCCCOc3ccc(C=Nc4ccc(OCCCCCOc5ccc(N=Cc6ccc(OCCCCOc7ccc(N=Nc8ccc(OC)cc8)cc7)cc6)cc5)cc4)cc3)cc2)cc1. The maximum absolute atomic E-state index is 5.98. The molecule has 0 bridgehead atoms. The van der Waals surface area contributed by atoms with Gasteiger partial charge in [-0.3, -0.25) is 9.98 Å². The molecule has 0 aromatic heterocycles. The second-order valence-electron chi connectivity index (χ2n) is 18.0. The second kappa shape index (κ2) is 31.7. The van der Waals surface area contributed by atoms with Gasteiger partial charge in [0, 0.05) is 12.4 Å². The Balaban J connectivity index is 0.612. The molecule has 0 spiro atoms. The summed E-state index contributed by atoms with van der Waals surface area (Å²) < 4.78 is 46.0. The van der Waals surface area contributed by atoms with Crippen LogP contribution in [0.15, 0.2) is 225 Å². The standard InChI is InChI=1S/C65H66N6O8/c1-72-58-30-18-54(19-31-58)68-70-56-22-38-64(39-23-56)78-46-8-6-44-76-60-26-10-50(11-27-60)48-66-52-14-34-62(35-15-52)74-42-4-3-5-43-75-63-36-16-53(17-37-63)67-49-51-12-28-61(29-13-51)77-45-7-9-47-79-65-40-24-57(25-41-65)71-69-55-20-32-59(73-2)33-21-55/h10-41,48-49H,3-9,42-47H2,1-2H3. The molecule has 0 unspecified atom stereocenters. The minimum absolute atomic E-state index is 0.602. The summed E-state index contributed by atoms with van der Waals surface area (Å²) in [5.74, 6) is 6.46. The molecule has 79 heavy (non-hydrogen) atoms. The molecule has 14 heteroatoms. The smallest absolute Gasteiger partial charge is 0.119 e. The maximum atomic E-state index is 5.98. The van der Waals surface area contributed by atoms with E-state index >= 15 is 0 Å². The van der Waals surface area contributed by atoms with Crippen molar-refractivity contribution in [2.75, 3.05) is 53.9 Å². The van der Waals surface area contributed by atoms with Crippen LogP contribution in [0.25, 0.3) is 0 Å². The Labute approximate surface area is 463 Å². The van der Waals surface area contributed by atoms with E-state index in [0.717, 1.165) is 136 Å². The van der Waals surface area contributed by atoms with Gasteiger partial charge in [0.15, 0.2) is 0 Å². The highest BCUT2D eigenvalue weighted by atomic mass is 16.5. The number of aliphatic imine (C=N–C) groups is 2. The molecule has 0 amide bonds. The first kappa shape index (κ1) is 55.9. The molecule has 0 fully saturated rings. The van der Waals surface area contributed by atoms with E-state index in [1.54, 1.807) is 14.2 Å². The summed E-state index contributed by atoms with van der Waals surface area (Å²) in [6, 6.07) is 61.6. The van der Waals surface area contributed by atoms with Gasteiger partial charge in [-0.25, -0.2) is 0 Å². The highest BCUT2D eigenvalue weighted by Crippen LogP contribution is 2.26. The number of methoxy groups -OCH3 is 2. The zero-order valence-corrected chi connectivity index (χ0v) is 44.8. The minimum atomic E-state index is 0.602. The van der Waals surface area contributed by atoms with E-state index in [9.17, 15) is 0 Å². The first-order chi connectivity index (χ1) is 39.0. The lowest BCUT2D eigenvalue weighted by Crippen LogP contribution is -2.02. The van der Waals surface area contributed by atoms with Gasteiger partial charge in [-0.05, 0) is 250 Å². The van der Waals surface area contributed by atoms with Gasteiger partial charge in [0.2, 0.25) is 0 Å². The third kappa shape index (κ3) is 20.3. The van der Waals surface area contributed by atoms with Crippen molar-refractivity contribution in [2.24, 2.45) is 30.4 Å². The monoisotopic (exact) mass is 1060 g/mol. The van der Waals surface area contributed by atoms with Crippen LogP contribution >= 0.6 is 0 Å².